The van der Waals surface area contributed by atoms with Gasteiger partial charge in [0.2, 0.25) is 0 Å². The van der Waals surface area contributed by atoms with Gasteiger partial charge < -0.3 is 14.0 Å². The molecule has 0 atom stereocenters. The Kier molecular flexibility index (Phi) is 4.74. The summed E-state index contributed by atoms with van der Waals surface area (Å²) in [4.78, 5) is 18.5. The summed E-state index contributed by atoms with van der Waals surface area (Å²) in [6, 6.07) is 1.80. The number of hydrogen-bond donors (Lipinski definition) is 1. The van der Waals surface area contributed by atoms with Crippen LogP contribution in [0.2, 0.25) is 0 Å². The van der Waals surface area contributed by atoms with Crippen molar-refractivity contribution in [3.8, 4) is 0 Å². The van der Waals surface area contributed by atoms with E-state index >= 15 is 0 Å². The van der Waals surface area contributed by atoms with Crippen molar-refractivity contribution in [1.29, 1.82) is 0 Å². The number of rotatable bonds is 5. The lowest BCUT2D eigenvalue weighted by Gasteiger charge is -2.31. The third kappa shape index (κ3) is 3.49. The first-order valence-corrected chi connectivity index (χ1v) is 9.34. The lowest BCUT2D eigenvalue weighted by Crippen LogP contribution is -2.38. The predicted octanol–water partition coefficient (Wildman–Crippen LogP) is 1.59. The number of aryl methyl sites for hydroxylation is 1. The predicted molar refractivity (Wildman–Crippen MR) is 98.2 cm³/mol. The molecular formula is C18H24N8O. The van der Waals surface area contributed by atoms with Crippen LogP contribution in [0.3, 0.4) is 0 Å². The van der Waals surface area contributed by atoms with E-state index in [0.717, 1.165) is 36.7 Å². The van der Waals surface area contributed by atoms with Gasteiger partial charge in [-0.25, -0.2) is 4.98 Å². The van der Waals surface area contributed by atoms with Crippen molar-refractivity contribution in [3.05, 3.63) is 47.8 Å². The fraction of sp³-hybridized carbons (Fsp3) is 0.500. The van der Waals surface area contributed by atoms with Gasteiger partial charge in [0.1, 0.15) is 11.5 Å². The maximum atomic E-state index is 12.6. The van der Waals surface area contributed by atoms with E-state index in [0.29, 0.717) is 31.2 Å². The smallest absolute Gasteiger partial charge is 0.274 e. The largest absolute Gasteiger partial charge is 0.337 e. The molecule has 0 saturated carbocycles. The lowest BCUT2D eigenvalue weighted by molar-refractivity contribution is 0.0704. The zero-order chi connectivity index (χ0) is 18.8. The highest BCUT2D eigenvalue weighted by molar-refractivity contribution is 5.92. The van der Waals surface area contributed by atoms with Gasteiger partial charge in [0.25, 0.3) is 5.91 Å². The Hall–Kier alpha value is -2.97. The Morgan fingerprint density at radius 1 is 1.30 bits per heavy atom. The van der Waals surface area contributed by atoms with Gasteiger partial charge in [0.15, 0.2) is 5.82 Å². The molecule has 3 aromatic heterocycles. The van der Waals surface area contributed by atoms with Crippen LogP contribution in [0.25, 0.3) is 0 Å². The van der Waals surface area contributed by atoms with Crippen molar-refractivity contribution < 1.29 is 4.79 Å². The second-order valence-corrected chi connectivity index (χ2v) is 6.96. The Morgan fingerprint density at radius 3 is 2.74 bits per heavy atom. The summed E-state index contributed by atoms with van der Waals surface area (Å²) in [5, 5.41) is 15.8. The molecule has 0 spiro atoms. The van der Waals surface area contributed by atoms with Gasteiger partial charge in [0, 0.05) is 43.6 Å². The molecule has 0 bridgehead atoms. The molecule has 0 aromatic carbocycles. The average Bonchev–Trinajstić information content (AvgIpc) is 3.43. The van der Waals surface area contributed by atoms with Gasteiger partial charge in [-0.3, -0.25) is 9.89 Å². The summed E-state index contributed by atoms with van der Waals surface area (Å²) in [7, 11) is 0. The summed E-state index contributed by atoms with van der Waals surface area (Å²) in [5.74, 6) is 2.28. The van der Waals surface area contributed by atoms with Gasteiger partial charge in [-0.1, -0.05) is 0 Å². The van der Waals surface area contributed by atoms with E-state index in [9.17, 15) is 4.79 Å². The van der Waals surface area contributed by atoms with Crippen LogP contribution in [-0.2, 0) is 13.1 Å². The number of piperidine rings is 1. The van der Waals surface area contributed by atoms with Crippen molar-refractivity contribution >= 4 is 5.91 Å². The van der Waals surface area contributed by atoms with Crippen LogP contribution >= 0.6 is 0 Å². The molecule has 0 radical (unpaired) electrons. The molecule has 9 nitrogen and oxygen atoms in total. The highest BCUT2D eigenvalue weighted by Gasteiger charge is 2.29. The highest BCUT2D eigenvalue weighted by Crippen LogP contribution is 2.28. The third-order valence-electron chi connectivity index (χ3n) is 5.13. The van der Waals surface area contributed by atoms with Gasteiger partial charge in [0.05, 0.1) is 12.9 Å². The SMILES string of the molecule is CCn1c(Cn2ccnc2)nnc1C1CCN(C(=O)c2cc(C)[nH]n2)CC1. The zero-order valence-corrected chi connectivity index (χ0v) is 15.7. The molecule has 1 saturated heterocycles. The first-order valence-electron chi connectivity index (χ1n) is 9.34. The molecule has 1 aliphatic heterocycles. The average molecular weight is 368 g/mol. The van der Waals surface area contributed by atoms with Crippen molar-refractivity contribution in [2.45, 2.75) is 45.7 Å². The fourth-order valence-electron chi connectivity index (χ4n) is 3.69. The van der Waals surface area contributed by atoms with E-state index in [1.165, 1.54) is 0 Å². The quantitative estimate of drug-likeness (QED) is 0.738. The first-order chi connectivity index (χ1) is 13.2. The molecule has 0 aliphatic carbocycles. The van der Waals surface area contributed by atoms with Gasteiger partial charge >= 0.3 is 0 Å². The molecule has 3 aromatic rings. The van der Waals surface area contributed by atoms with Crippen molar-refractivity contribution in [2.24, 2.45) is 0 Å². The maximum Gasteiger partial charge on any atom is 0.274 e. The molecule has 1 aliphatic rings. The molecular weight excluding hydrogens is 344 g/mol. The van der Waals surface area contributed by atoms with Crippen LogP contribution in [0, 0.1) is 6.92 Å². The number of nitrogens with one attached hydrogen (secondary N) is 1. The summed E-state index contributed by atoms with van der Waals surface area (Å²) in [6.07, 6.45) is 7.25. The molecule has 9 heteroatoms. The molecule has 1 N–H and O–H groups in total. The monoisotopic (exact) mass is 368 g/mol. The van der Waals surface area contributed by atoms with E-state index in [4.69, 9.17) is 0 Å². The van der Waals surface area contributed by atoms with Gasteiger partial charge in [-0.2, -0.15) is 5.10 Å². The number of carbonyl (C=O) groups excluding carboxylic acids is 1. The summed E-state index contributed by atoms with van der Waals surface area (Å²) >= 11 is 0. The van der Waals surface area contributed by atoms with Crippen molar-refractivity contribution in [2.75, 3.05) is 13.1 Å². The Bertz CT molecular complexity index is 902. The summed E-state index contributed by atoms with van der Waals surface area (Å²) < 4.78 is 4.19. The normalized spacial score (nSPS) is 15.4. The Balaban J connectivity index is 1.43. The van der Waals surface area contributed by atoms with Crippen LogP contribution in [0.5, 0.6) is 0 Å². The maximum absolute atomic E-state index is 12.6. The first kappa shape index (κ1) is 17.4. The minimum absolute atomic E-state index is 0.00412. The minimum atomic E-state index is -0.00412. The number of aromatic nitrogens is 7. The van der Waals surface area contributed by atoms with E-state index in [1.807, 2.05) is 22.6 Å². The number of hydrogen-bond acceptors (Lipinski definition) is 5. The van der Waals surface area contributed by atoms with E-state index in [2.05, 4.69) is 36.9 Å². The van der Waals surface area contributed by atoms with Crippen molar-refractivity contribution in [3.63, 3.8) is 0 Å². The van der Waals surface area contributed by atoms with Crippen LogP contribution in [-0.4, -0.2) is 58.4 Å². The number of imidazole rings is 1. The van der Waals surface area contributed by atoms with Gasteiger partial charge in [-0.05, 0) is 32.8 Å². The molecule has 27 heavy (non-hydrogen) atoms. The van der Waals surface area contributed by atoms with E-state index < -0.39 is 0 Å². The molecule has 142 valence electrons. The lowest BCUT2D eigenvalue weighted by atomic mass is 9.95. The molecule has 1 amide bonds. The summed E-state index contributed by atoms with van der Waals surface area (Å²) in [5.41, 5.74) is 1.39. The van der Waals surface area contributed by atoms with E-state index in [1.54, 1.807) is 18.6 Å². The number of amides is 1. The zero-order valence-electron chi connectivity index (χ0n) is 15.7. The minimum Gasteiger partial charge on any atom is -0.337 e. The number of carbonyl (C=O) groups is 1. The molecule has 4 rings (SSSR count). The van der Waals surface area contributed by atoms with Crippen LogP contribution in [0.4, 0.5) is 0 Å². The number of nitrogens with zero attached hydrogens (tertiary/aromatic N) is 7. The topological polar surface area (TPSA) is 97.5 Å². The molecule has 4 heterocycles. The van der Waals surface area contributed by atoms with Crippen LogP contribution in [0.15, 0.2) is 24.8 Å². The Morgan fingerprint density at radius 2 is 2.11 bits per heavy atom. The van der Waals surface area contributed by atoms with Crippen molar-refractivity contribution in [1.82, 2.24) is 39.4 Å². The number of aromatic amines is 1. The Labute approximate surface area is 157 Å². The standard InChI is InChI=1S/C18H24N8O/c1-3-26-16(11-24-9-6-19-12-24)22-23-17(26)14-4-7-25(8-5-14)18(27)15-10-13(2)20-21-15/h6,9-10,12,14H,3-5,7-8,11H2,1-2H3,(H,20,21). The van der Waals surface area contributed by atoms with Crippen LogP contribution in [0.1, 0.15) is 53.5 Å². The molecule has 0 unspecified atom stereocenters. The summed E-state index contributed by atoms with van der Waals surface area (Å²) in [6.45, 7) is 6.93. The second kappa shape index (κ2) is 7.34. The third-order valence-corrected chi connectivity index (χ3v) is 5.13. The van der Waals surface area contributed by atoms with E-state index in [-0.39, 0.29) is 5.91 Å². The number of H-pyrrole nitrogens is 1. The number of likely N-dealkylation sites (tertiary alicyclic amines) is 1. The highest BCUT2D eigenvalue weighted by atomic mass is 16.2. The second-order valence-electron chi connectivity index (χ2n) is 6.96. The van der Waals surface area contributed by atoms with Gasteiger partial charge in [-0.15, -0.1) is 10.2 Å². The van der Waals surface area contributed by atoms with Crippen LogP contribution < -0.4 is 0 Å². The molecule has 1 fully saturated rings. The fourth-order valence-corrected chi connectivity index (χ4v) is 3.69.